The second-order valence-corrected chi connectivity index (χ2v) is 4.30. The summed E-state index contributed by atoms with van der Waals surface area (Å²) in [5.41, 5.74) is 2.81. The lowest BCUT2D eigenvalue weighted by atomic mass is 10.0. The highest BCUT2D eigenvalue weighted by atomic mass is 16.5. The lowest BCUT2D eigenvalue weighted by Gasteiger charge is -2.03. The number of nitrogens with zero attached hydrogens (tertiary/aromatic N) is 1. The SMILES string of the molecule is C[N+]([O-])=CCC(=O)c1ccc(-c2ccccc2)cc1. The zero-order chi connectivity index (χ0) is 13.7. The standard InChI is InChI=1S/C16H15NO2/c1-17(19)12-11-16(18)15-9-7-14(8-10-15)13-5-3-2-4-6-13/h2-10,12H,11H2,1H3. The summed E-state index contributed by atoms with van der Waals surface area (Å²) in [6.07, 6.45) is 1.46. The molecule has 0 radical (unpaired) electrons. The molecule has 0 aliphatic carbocycles. The molecule has 96 valence electrons. The summed E-state index contributed by atoms with van der Waals surface area (Å²) in [4.78, 5) is 11.8. The number of ketones is 1. The van der Waals surface area contributed by atoms with E-state index < -0.39 is 0 Å². The third-order valence-corrected chi connectivity index (χ3v) is 2.85. The van der Waals surface area contributed by atoms with Gasteiger partial charge in [0.2, 0.25) is 0 Å². The fraction of sp³-hybridized carbons (Fsp3) is 0.125. The Bertz CT molecular complexity index is 582. The van der Waals surface area contributed by atoms with E-state index in [2.05, 4.69) is 0 Å². The third kappa shape index (κ3) is 3.52. The third-order valence-electron chi connectivity index (χ3n) is 2.85. The van der Waals surface area contributed by atoms with E-state index in [-0.39, 0.29) is 12.2 Å². The molecule has 3 heteroatoms. The van der Waals surface area contributed by atoms with Crippen molar-refractivity contribution in [2.24, 2.45) is 0 Å². The molecule has 0 N–H and O–H groups in total. The van der Waals surface area contributed by atoms with Crippen molar-refractivity contribution in [2.75, 3.05) is 7.05 Å². The maximum Gasteiger partial charge on any atom is 0.172 e. The Hall–Kier alpha value is -2.42. The molecular weight excluding hydrogens is 238 g/mol. The van der Waals surface area contributed by atoms with Crippen molar-refractivity contribution in [3.8, 4) is 11.1 Å². The minimum absolute atomic E-state index is 0.0534. The molecule has 0 fully saturated rings. The van der Waals surface area contributed by atoms with Gasteiger partial charge in [0.1, 0.15) is 7.05 Å². The van der Waals surface area contributed by atoms with Crippen molar-refractivity contribution < 1.29 is 9.53 Å². The number of Topliss-reactive ketones (excluding diaryl/α,β-unsaturated/α-hetero) is 1. The van der Waals surface area contributed by atoms with E-state index in [1.165, 1.54) is 13.3 Å². The van der Waals surface area contributed by atoms with Crippen LogP contribution in [0.15, 0.2) is 54.6 Å². The molecule has 0 amide bonds. The first-order chi connectivity index (χ1) is 9.16. The number of benzene rings is 2. The van der Waals surface area contributed by atoms with Crippen LogP contribution < -0.4 is 0 Å². The van der Waals surface area contributed by atoms with Crippen LogP contribution in [0.4, 0.5) is 0 Å². The van der Waals surface area contributed by atoms with Crippen LogP contribution in [0, 0.1) is 5.21 Å². The van der Waals surface area contributed by atoms with Crippen molar-refractivity contribution in [2.45, 2.75) is 6.42 Å². The number of carbonyl (C=O) groups is 1. The Labute approximate surface area is 112 Å². The summed E-state index contributed by atoms with van der Waals surface area (Å²) in [5.74, 6) is -0.0534. The number of hydroxylamine groups is 1. The van der Waals surface area contributed by atoms with E-state index >= 15 is 0 Å². The highest BCUT2D eigenvalue weighted by Crippen LogP contribution is 2.19. The molecule has 19 heavy (non-hydrogen) atoms. The molecule has 2 aromatic rings. The molecule has 0 aliphatic rings. The molecule has 0 heterocycles. The van der Waals surface area contributed by atoms with E-state index in [0.29, 0.717) is 10.3 Å². The zero-order valence-corrected chi connectivity index (χ0v) is 10.7. The predicted octanol–water partition coefficient (Wildman–Crippen LogP) is 3.14. The first-order valence-electron chi connectivity index (χ1n) is 6.09. The summed E-state index contributed by atoms with van der Waals surface area (Å²) in [6, 6.07) is 17.4. The quantitative estimate of drug-likeness (QED) is 0.276. The van der Waals surface area contributed by atoms with Gasteiger partial charge in [0.05, 0.1) is 6.42 Å². The van der Waals surface area contributed by atoms with Gasteiger partial charge in [-0.2, -0.15) is 0 Å². The average Bonchev–Trinajstić information content (AvgIpc) is 2.46. The van der Waals surface area contributed by atoms with Crippen molar-refractivity contribution in [1.29, 1.82) is 0 Å². The Morgan fingerprint density at radius 1 is 1.05 bits per heavy atom. The smallest absolute Gasteiger partial charge is 0.172 e. The lowest BCUT2D eigenvalue weighted by molar-refractivity contribution is -0.418. The van der Waals surface area contributed by atoms with Gasteiger partial charge in [-0.1, -0.05) is 54.6 Å². The minimum Gasteiger partial charge on any atom is -0.624 e. The first-order valence-corrected chi connectivity index (χ1v) is 6.09. The fourth-order valence-corrected chi connectivity index (χ4v) is 1.81. The molecule has 0 saturated carbocycles. The summed E-state index contributed by atoms with van der Waals surface area (Å²) < 4.78 is 0.649. The van der Waals surface area contributed by atoms with Crippen LogP contribution >= 0.6 is 0 Å². The van der Waals surface area contributed by atoms with Gasteiger partial charge in [-0.15, -0.1) is 0 Å². The van der Waals surface area contributed by atoms with Gasteiger partial charge < -0.3 is 5.21 Å². The van der Waals surface area contributed by atoms with E-state index in [1.807, 2.05) is 42.5 Å². The number of carbonyl (C=O) groups excluding carboxylic acids is 1. The van der Waals surface area contributed by atoms with Crippen LogP contribution in [0.1, 0.15) is 16.8 Å². The molecular formula is C16H15NO2. The van der Waals surface area contributed by atoms with Gasteiger partial charge >= 0.3 is 0 Å². The Balaban J connectivity index is 2.15. The summed E-state index contributed by atoms with van der Waals surface area (Å²) in [7, 11) is 1.37. The van der Waals surface area contributed by atoms with Gasteiger partial charge in [-0.25, -0.2) is 4.74 Å². The number of rotatable bonds is 4. The van der Waals surface area contributed by atoms with Crippen molar-refractivity contribution in [3.05, 3.63) is 65.4 Å². The molecule has 0 spiro atoms. The highest BCUT2D eigenvalue weighted by Gasteiger charge is 2.06. The van der Waals surface area contributed by atoms with E-state index in [9.17, 15) is 10.0 Å². The molecule has 0 bridgehead atoms. The first kappa shape index (κ1) is 13.0. The predicted molar refractivity (Wildman–Crippen MR) is 76.4 cm³/mol. The van der Waals surface area contributed by atoms with E-state index in [0.717, 1.165) is 11.1 Å². The van der Waals surface area contributed by atoms with Crippen LogP contribution in [-0.4, -0.2) is 23.8 Å². The minimum atomic E-state index is -0.0534. The normalized spacial score (nSPS) is 11.3. The Morgan fingerprint density at radius 3 is 2.21 bits per heavy atom. The molecule has 0 aliphatic heterocycles. The van der Waals surface area contributed by atoms with Crippen LogP contribution in [0.3, 0.4) is 0 Å². The Kier molecular flexibility index (Phi) is 4.08. The molecule has 0 saturated heterocycles. The van der Waals surface area contributed by atoms with E-state index in [1.54, 1.807) is 12.1 Å². The zero-order valence-electron chi connectivity index (χ0n) is 10.7. The van der Waals surface area contributed by atoms with Gasteiger partial charge in [-0.3, -0.25) is 4.79 Å². The maximum atomic E-state index is 11.8. The fourth-order valence-electron chi connectivity index (χ4n) is 1.81. The molecule has 0 unspecified atom stereocenters. The second-order valence-electron chi connectivity index (χ2n) is 4.30. The van der Waals surface area contributed by atoms with Crippen molar-refractivity contribution in [1.82, 2.24) is 0 Å². The van der Waals surface area contributed by atoms with Gasteiger partial charge in [-0.05, 0) is 11.1 Å². The molecule has 2 aromatic carbocycles. The van der Waals surface area contributed by atoms with Crippen molar-refractivity contribution >= 4 is 12.0 Å². The number of hydrogen-bond donors (Lipinski definition) is 0. The molecule has 0 atom stereocenters. The van der Waals surface area contributed by atoms with Gasteiger partial charge in [0.25, 0.3) is 0 Å². The average molecular weight is 253 g/mol. The van der Waals surface area contributed by atoms with Crippen LogP contribution in [0.5, 0.6) is 0 Å². The van der Waals surface area contributed by atoms with Crippen LogP contribution in [0.25, 0.3) is 11.1 Å². The Morgan fingerprint density at radius 2 is 1.63 bits per heavy atom. The summed E-state index contributed by atoms with van der Waals surface area (Å²) in [5, 5.41) is 10.7. The maximum absolute atomic E-state index is 11.8. The topological polar surface area (TPSA) is 43.1 Å². The summed E-state index contributed by atoms with van der Waals surface area (Å²) in [6.45, 7) is 0. The molecule has 0 aromatic heterocycles. The van der Waals surface area contributed by atoms with Gasteiger partial charge in [0, 0.05) is 5.56 Å². The van der Waals surface area contributed by atoms with Crippen LogP contribution in [0.2, 0.25) is 0 Å². The number of hydrogen-bond acceptors (Lipinski definition) is 2. The molecule has 2 rings (SSSR count). The molecule has 3 nitrogen and oxygen atoms in total. The van der Waals surface area contributed by atoms with E-state index in [4.69, 9.17) is 0 Å². The monoisotopic (exact) mass is 253 g/mol. The lowest BCUT2D eigenvalue weighted by Crippen LogP contribution is -2.04. The van der Waals surface area contributed by atoms with Crippen molar-refractivity contribution in [3.63, 3.8) is 0 Å². The summed E-state index contributed by atoms with van der Waals surface area (Å²) >= 11 is 0. The van der Waals surface area contributed by atoms with Gasteiger partial charge in [0.15, 0.2) is 12.0 Å². The van der Waals surface area contributed by atoms with Crippen LogP contribution in [-0.2, 0) is 0 Å². The highest BCUT2D eigenvalue weighted by molar-refractivity contribution is 6.03. The second kappa shape index (κ2) is 5.96. The largest absolute Gasteiger partial charge is 0.624 e.